The lowest BCUT2D eigenvalue weighted by atomic mass is 10.1. The number of carbonyl (C=O) groups excluding carboxylic acids is 1. The van der Waals surface area contributed by atoms with Crippen LogP contribution in [-0.4, -0.2) is 49.1 Å². The van der Waals surface area contributed by atoms with Crippen molar-refractivity contribution in [3.8, 4) is 17.0 Å². The van der Waals surface area contributed by atoms with Crippen LogP contribution in [-0.2, 0) is 4.79 Å². The number of fused-ring (bicyclic) bond motifs is 1. The minimum Gasteiger partial charge on any atom is -0.478 e. The van der Waals surface area contributed by atoms with Crippen LogP contribution in [0.1, 0.15) is 24.8 Å². The van der Waals surface area contributed by atoms with E-state index in [0.29, 0.717) is 13.0 Å². The average Bonchev–Trinajstić information content (AvgIpc) is 3.02. The largest absolute Gasteiger partial charge is 0.478 e. The van der Waals surface area contributed by atoms with Crippen LogP contribution in [0.5, 0.6) is 5.75 Å². The fourth-order valence-electron chi connectivity index (χ4n) is 3.01. The van der Waals surface area contributed by atoms with Gasteiger partial charge in [0.15, 0.2) is 6.10 Å². The second-order valence-corrected chi connectivity index (χ2v) is 7.66. The second-order valence-electron chi connectivity index (χ2n) is 6.60. The third-order valence-corrected chi connectivity index (χ3v) is 5.11. The lowest BCUT2D eigenvalue weighted by Gasteiger charge is -2.34. The molecule has 6 heteroatoms. The summed E-state index contributed by atoms with van der Waals surface area (Å²) < 4.78 is 5.93. The number of hydrogen-bond donors (Lipinski definition) is 0. The van der Waals surface area contributed by atoms with Crippen molar-refractivity contribution in [2.75, 3.05) is 32.1 Å². The number of nitrogens with zero attached hydrogens (tertiary/aromatic N) is 3. The normalized spacial score (nSPS) is 16.9. The van der Waals surface area contributed by atoms with Gasteiger partial charge in [0.2, 0.25) is 0 Å². The maximum Gasteiger partial charge on any atom is 0.268 e. The Morgan fingerprint density at radius 2 is 2.16 bits per heavy atom. The zero-order chi connectivity index (χ0) is 18.0. The molecule has 1 aromatic heterocycles. The van der Waals surface area contributed by atoms with E-state index in [4.69, 9.17) is 4.74 Å². The highest BCUT2D eigenvalue weighted by atomic mass is 32.1. The van der Waals surface area contributed by atoms with E-state index >= 15 is 0 Å². The minimum atomic E-state index is -0.390. The SMILES string of the molecule is CCC1Oc2ccc(-c3csc(C)n3)cc2N(CCCN(C)C)C1=O. The second kappa shape index (κ2) is 7.54. The highest BCUT2D eigenvalue weighted by Crippen LogP contribution is 2.38. The van der Waals surface area contributed by atoms with Crippen LogP contribution in [0, 0.1) is 6.92 Å². The molecule has 0 fully saturated rings. The van der Waals surface area contributed by atoms with Gasteiger partial charge in [-0.2, -0.15) is 0 Å². The van der Waals surface area contributed by atoms with E-state index in [1.807, 2.05) is 56.4 Å². The summed E-state index contributed by atoms with van der Waals surface area (Å²) in [6.45, 7) is 5.63. The van der Waals surface area contributed by atoms with Gasteiger partial charge in [0, 0.05) is 17.5 Å². The van der Waals surface area contributed by atoms with Gasteiger partial charge in [0.1, 0.15) is 5.75 Å². The van der Waals surface area contributed by atoms with Crippen LogP contribution in [0.4, 0.5) is 5.69 Å². The van der Waals surface area contributed by atoms with E-state index in [2.05, 4.69) is 9.88 Å². The number of thiazole rings is 1. The molecule has 25 heavy (non-hydrogen) atoms. The Morgan fingerprint density at radius 3 is 2.80 bits per heavy atom. The van der Waals surface area contributed by atoms with E-state index < -0.39 is 0 Å². The lowest BCUT2D eigenvalue weighted by Crippen LogP contribution is -2.46. The van der Waals surface area contributed by atoms with Crippen molar-refractivity contribution >= 4 is 22.9 Å². The third-order valence-electron chi connectivity index (χ3n) is 4.33. The van der Waals surface area contributed by atoms with Crippen molar-refractivity contribution in [1.82, 2.24) is 9.88 Å². The molecular formula is C19H25N3O2S. The first-order valence-corrected chi connectivity index (χ1v) is 9.57. The van der Waals surface area contributed by atoms with Gasteiger partial charge < -0.3 is 14.5 Å². The topological polar surface area (TPSA) is 45.7 Å². The Kier molecular flexibility index (Phi) is 5.39. The molecule has 5 nitrogen and oxygen atoms in total. The summed E-state index contributed by atoms with van der Waals surface area (Å²) in [7, 11) is 4.10. The Hall–Kier alpha value is -1.92. The number of amides is 1. The van der Waals surface area contributed by atoms with Crippen LogP contribution in [0.15, 0.2) is 23.6 Å². The fraction of sp³-hybridized carbons (Fsp3) is 0.474. The van der Waals surface area contributed by atoms with Gasteiger partial charge in [-0.3, -0.25) is 4.79 Å². The summed E-state index contributed by atoms with van der Waals surface area (Å²) in [6.07, 6.45) is 1.21. The van der Waals surface area contributed by atoms with Crippen LogP contribution >= 0.6 is 11.3 Å². The molecule has 0 aliphatic carbocycles. The van der Waals surface area contributed by atoms with Gasteiger partial charge in [-0.05, 0) is 58.6 Å². The first-order valence-electron chi connectivity index (χ1n) is 8.69. The average molecular weight is 359 g/mol. The predicted octanol–water partition coefficient (Wildman–Crippen LogP) is 3.57. The fourth-order valence-corrected chi connectivity index (χ4v) is 3.64. The molecule has 0 radical (unpaired) electrons. The zero-order valence-corrected chi connectivity index (χ0v) is 16.1. The molecule has 0 bridgehead atoms. The number of carbonyl (C=O) groups is 1. The number of hydrogen-bond acceptors (Lipinski definition) is 5. The van der Waals surface area contributed by atoms with Crippen molar-refractivity contribution in [3.63, 3.8) is 0 Å². The maximum atomic E-state index is 12.8. The van der Waals surface area contributed by atoms with Gasteiger partial charge in [0.25, 0.3) is 5.91 Å². The molecule has 1 unspecified atom stereocenters. The summed E-state index contributed by atoms with van der Waals surface area (Å²) in [5.41, 5.74) is 2.83. The predicted molar refractivity (Wildman–Crippen MR) is 103 cm³/mol. The number of ether oxygens (including phenoxy) is 1. The van der Waals surface area contributed by atoms with Gasteiger partial charge in [0.05, 0.1) is 16.4 Å². The van der Waals surface area contributed by atoms with Crippen molar-refractivity contribution in [1.29, 1.82) is 0 Å². The maximum absolute atomic E-state index is 12.8. The summed E-state index contributed by atoms with van der Waals surface area (Å²) >= 11 is 1.63. The Labute approximate surface area is 153 Å². The molecule has 2 heterocycles. The summed E-state index contributed by atoms with van der Waals surface area (Å²) in [5, 5.41) is 3.09. The monoisotopic (exact) mass is 359 g/mol. The van der Waals surface area contributed by atoms with Crippen LogP contribution in [0.3, 0.4) is 0 Å². The first kappa shape index (κ1) is 17.9. The summed E-state index contributed by atoms with van der Waals surface area (Å²) in [5.74, 6) is 0.840. The minimum absolute atomic E-state index is 0.0559. The number of anilines is 1. The van der Waals surface area contributed by atoms with Crippen LogP contribution in [0.2, 0.25) is 0 Å². The quantitative estimate of drug-likeness (QED) is 0.791. The molecular weight excluding hydrogens is 334 g/mol. The highest BCUT2D eigenvalue weighted by Gasteiger charge is 2.33. The van der Waals surface area contributed by atoms with E-state index in [-0.39, 0.29) is 12.0 Å². The standard InChI is InChI=1S/C19H25N3O2S/c1-5-17-19(23)22(10-6-9-21(3)4)16-11-14(7-8-18(16)24-17)15-12-25-13(2)20-15/h7-8,11-12,17H,5-6,9-10H2,1-4H3. The van der Waals surface area contributed by atoms with Gasteiger partial charge in [-0.25, -0.2) is 4.98 Å². The molecule has 1 aliphatic rings. The molecule has 3 rings (SSSR count). The third kappa shape index (κ3) is 3.85. The number of benzene rings is 1. The highest BCUT2D eigenvalue weighted by molar-refractivity contribution is 7.09. The summed E-state index contributed by atoms with van der Waals surface area (Å²) in [4.78, 5) is 21.4. The molecule has 2 aromatic rings. The van der Waals surface area contributed by atoms with Crippen molar-refractivity contribution < 1.29 is 9.53 Å². The summed E-state index contributed by atoms with van der Waals surface area (Å²) in [6, 6.07) is 6.02. The lowest BCUT2D eigenvalue weighted by molar-refractivity contribution is -0.126. The smallest absolute Gasteiger partial charge is 0.268 e. The van der Waals surface area contributed by atoms with Crippen molar-refractivity contribution in [2.24, 2.45) is 0 Å². The van der Waals surface area contributed by atoms with Gasteiger partial charge >= 0.3 is 0 Å². The molecule has 0 N–H and O–H groups in total. The molecule has 0 saturated carbocycles. The number of rotatable bonds is 6. The Bertz CT molecular complexity index is 757. The van der Waals surface area contributed by atoms with E-state index in [0.717, 1.165) is 40.7 Å². The number of aromatic nitrogens is 1. The molecule has 1 amide bonds. The van der Waals surface area contributed by atoms with Crippen molar-refractivity contribution in [3.05, 3.63) is 28.6 Å². The molecule has 1 atom stereocenters. The van der Waals surface area contributed by atoms with E-state index in [9.17, 15) is 4.79 Å². The molecule has 0 spiro atoms. The van der Waals surface area contributed by atoms with E-state index in [1.54, 1.807) is 11.3 Å². The van der Waals surface area contributed by atoms with Gasteiger partial charge in [-0.1, -0.05) is 6.92 Å². The van der Waals surface area contributed by atoms with Crippen LogP contribution < -0.4 is 9.64 Å². The molecule has 1 aliphatic heterocycles. The Balaban J connectivity index is 1.93. The first-order chi connectivity index (χ1) is 12.0. The van der Waals surface area contributed by atoms with E-state index in [1.165, 1.54) is 0 Å². The molecule has 0 saturated heterocycles. The Morgan fingerprint density at radius 1 is 1.36 bits per heavy atom. The van der Waals surface area contributed by atoms with Crippen LogP contribution in [0.25, 0.3) is 11.3 Å². The number of aryl methyl sites for hydroxylation is 1. The van der Waals surface area contributed by atoms with Crippen molar-refractivity contribution in [2.45, 2.75) is 32.8 Å². The van der Waals surface area contributed by atoms with Gasteiger partial charge in [-0.15, -0.1) is 11.3 Å². The molecule has 1 aromatic carbocycles. The zero-order valence-electron chi connectivity index (χ0n) is 15.3. The molecule has 134 valence electrons.